The molecule has 0 bridgehead atoms. The molecule has 1 aliphatic carbocycles. The molecule has 0 atom stereocenters. The molecule has 0 saturated heterocycles. The van der Waals surface area contributed by atoms with Gasteiger partial charge in [0.1, 0.15) is 0 Å². The Hall–Kier alpha value is -2.34. The molecular formula is C22H20. The fourth-order valence-electron chi connectivity index (χ4n) is 3.45. The fraction of sp³-hybridized carbons (Fsp3) is 0.182. The second-order valence-electron chi connectivity index (χ2n) is 6.33. The Bertz CT molecular complexity index is 1050. The van der Waals surface area contributed by atoms with E-state index in [1.807, 2.05) is 12.1 Å². The van der Waals surface area contributed by atoms with Crippen LogP contribution in [0.2, 0.25) is 0 Å². The van der Waals surface area contributed by atoms with Gasteiger partial charge in [0, 0.05) is 5.41 Å². The fourth-order valence-corrected chi connectivity index (χ4v) is 3.45. The van der Waals surface area contributed by atoms with Crippen molar-refractivity contribution in [3.8, 4) is 11.1 Å². The summed E-state index contributed by atoms with van der Waals surface area (Å²) in [5.41, 5.74) is 6.14. The number of hydrogen-bond acceptors (Lipinski definition) is 0. The summed E-state index contributed by atoms with van der Waals surface area (Å²) in [6.45, 7) is 4.43. The van der Waals surface area contributed by atoms with Gasteiger partial charge in [0.15, 0.2) is 0 Å². The second kappa shape index (κ2) is 4.84. The number of benzene rings is 3. The molecule has 0 aliphatic heterocycles. The van der Waals surface area contributed by atoms with Crippen molar-refractivity contribution < 1.29 is 6.85 Å². The predicted molar refractivity (Wildman–Crippen MR) is 93.3 cm³/mol. The van der Waals surface area contributed by atoms with E-state index in [1.165, 1.54) is 22.3 Å². The first-order valence-electron chi connectivity index (χ1n) is 10.0. The Morgan fingerprint density at radius 1 is 0.818 bits per heavy atom. The quantitative estimate of drug-likeness (QED) is 0.577. The van der Waals surface area contributed by atoms with Crippen molar-refractivity contribution in [1.82, 2.24) is 0 Å². The first-order valence-corrected chi connectivity index (χ1v) is 7.52. The summed E-state index contributed by atoms with van der Waals surface area (Å²) in [5.74, 6) is 0. The topological polar surface area (TPSA) is 0 Å². The number of fused-ring (bicyclic) bond motifs is 3. The summed E-state index contributed by atoms with van der Waals surface area (Å²) in [6.07, 6.45) is 0.311. The van der Waals surface area contributed by atoms with Crippen molar-refractivity contribution in [3.63, 3.8) is 0 Å². The molecule has 3 aromatic carbocycles. The molecule has 0 N–H and O–H groups in total. The van der Waals surface area contributed by atoms with Crippen molar-refractivity contribution in [3.05, 3.63) is 94.9 Å². The minimum Gasteiger partial charge on any atom is -0.0622 e. The maximum atomic E-state index is 8.15. The normalized spacial score (nSPS) is 17.6. The third-order valence-electron chi connectivity index (χ3n) is 4.58. The summed E-state index contributed by atoms with van der Waals surface area (Å²) in [4.78, 5) is 0. The molecule has 0 saturated carbocycles. The summed E-state index contributed by atoms with van der Waals surface area (Å²) >= 11 is 0. The van der Waals surface area contributed by atoms with Crippen LogP contribution in [0, 0.1) is 0 Å². The van der Waals surface area contributed by atoms with Crippen LogP contribution in [0.5, 0.6) is 0 Å². The largest absolute Gasteiger partial charge is 0.0626 e. The zero-order valence-electron chi connectivity index (χ0n) is 17.7. The molecule has 0 aromatic heterocycles. The van der Waals surface area contributed by atoms with Crippen molar-refractivity contribution in [2.75, 3.05) is 0 Å². The van der Waals surface area contributed by atoms with Gasteiger partial charge in [-0.15, -0.1) is 0 Å². The molecule has 108 valence electrons. The maximum absolute atomic E-state index is 8.15. The molecular weight excluding hydrogens is 264 g/mol. The Morgan fingerprint density at radius 2 is 1.55 bits per heavy atom. The minimum atomic E-state index is -0.349. The summed E-state index contributed by atoms with van der Waals surface area (Å²) in [5, 5.41) is 0. The van der Waals surface area contributed by atoms with Crippen LogP contribution >= 0.6 is 0 Å². The van der Waals surface area contributed by atoms with Gasteiger partial charge in [0.25, 0.3) is 0 Å². The lowest BCUT2D eigenvalue weighted by molar-refractivity contribution is 0.660. The Kier molecular flexibility index (Phi) is 1.97. The van der Waals surface area contributed by atoms with E-state index in [1.54, 1.807) is 0 Å². The van der Waals surface area contributed by atoms with E-state index < -0.39 is 0 Å². The molecule has 0 fully saturated rings. The molecule has 22 heavy (non-hydrogen) atoms. The van der Waals surface area contributed by atoms with Gasteiger partial charge in [-0.3, -0.25) is 0 Å². The van der Waals surface area contributed by atoms with Gasteiger partial charge in [-0.25, -0.2) is 0 Å². The average Bonchev–Trinajstić information content (AvgIpc) is 2.89. The van der Waals surface area contributed by atoms with Gasteiger partial charge in [0.05, 0.1) is 6.85 Å². The van der Waals surface area contributed by atoms with E-state index in [4.69, 9.17) is 6.85 Å². The highest BCUT2D eigenvalue weighted by molar-refractivity contribution is 5.81. The number of hydrogen-bond donors (Lipinski definition) is 0. The lowest BCUT2D eigenvalue weighted by atomic mass is 9.82. The van der Waals surface area contributed by atoms with Crippen LogP contribution < -0.4 is 0 Å². The summed E-state index contributed by atoms with van der Waals surface area (Å²) in [6, 6.07) is 13.4. The van der Waals surface area contributed by atoms with E-state index in [2.05, 4.69) is 44.2 Å². The van der Waals surface area contributed by atoms with E-state index in [-0.39, 0.29) is 35.6 Å². The van der Waals surface area contributed by atoms with Crippen molar-refractivity contribution in [2.24, 2.45) is 0 Å². The van der Waals surface area contributed by atoms with Crippen molar-refractivity contribution in [1.29, 1.82) is 0 Å². The van der Waals surface area contributed by atoms with Crippen LogP contribution in [-0.4, -0.2) is 0 Å². The van der Waals surface area contributed by atoms with Crippen molar-refractivity contribution >= 4 is 0 Å². The van der Waals surface area contributed by atoms with Gasteiger partial charge in [-0.2, -0.15) is 0 Å². The molecule has 0 amide bonds. The van der Waals surface area contributed by atoms with Crippen molar-refractivity contribution in [2.45, 2.75) is 25.7 Å². The molecule has 3 aromatic rings. The van der Waals surface area contributed by atoms with Crippen LogP contribution in [0.15, 0.2) is 72.7 Å². The third kappa shape index (κ3) is 1.99. The predicted octanol–water partition coefficient (Wildman–Crippen LogP) is 5.58. The molecule has 0 nitrogen and oxygen atoms in total. The van der Waals surface area contributed by atoms with E-state index in [0.717, 1.165) is 5.56 Å². The zero-order chi connectivity index (χ0) is 19.5. The Labute approximate surface area is 139 Å². The maximum Gasteiger partial charge on any atom is 0.0626 e. The average molecular weight is 289 g/mol. The Morgan fingerprint density at radius 3 is 2.36 bits per heavy atom. The minimum absolute atomic E-state index is 0.0683. The first kappa shape index (κ1) is 8.95. The van der Waals surface area contributed by atoms with Gasteiger partial charge in [0.2, 0.25) is 0 Å². The molecule has 0 spiro atoms. The summed E-state index contributed by atoms with van der Waals surface area (Å²) in [7, 11) is 0. The zero-order valence-corrected chi connectivity index (χ0v) is 12.7. The molecule has 0 heteroatoms. The lowest BCUT2D eigenvalue weighted by Gasteiger charge is -2.21. The SMILES string of the molecule is [2H]c1c([2H])c([2H])c(Cc2ccc3c(c2)-c2ccccc2C3(C)C)c([2H])c1[2H]. The van der Waals surface area contributed by atoms with Gasteiger partial charge < -0.3 is 0 Å². The van der Waals surface area contributed by atoms with Crippen LogP contribution in [-0.2, 0) is 11.8 Å². The monoisotopic (exact) mass is 289 g/mol. The second-order valence-corrected chi connectivity index (χ2v) is 6.33. The van der Waals surface area contributed by atoms with Gasteiger partial charge in [-0.05, 0) is 39.8 Å². The molecule has 0 radical (unpaired) electrons. The van der Waals surface area contributed by atoms with Crippen LogP contribution in [0.1, 0.15) is 43.0 Å². The molecule has 0 heterocycles. The van der Waals surface area contributed by atoms with Gasteiger partial charge in [-0.1, -0.05) is 86.5 Å². The first-order chi connectivity index (χ1) is 12.7. The van der Waals surface area contributed by atoms with Crippen LogP contribution in [0.4, 0.5) is 0 Å². The highest BCUT2D eigenvalue weighted by Crippen LogP contribution is 2.48. The smallest absolute Gasteiger partial charge is 0.0622 e. The highest BCUT2D eigenvalue weighted by Gasteiger charge is 2.34. The van der Waals surface area contributed by atoms with E-state index in [0.29, 0.717) is 12.0 Å². The van der Waals surface area contributed by atoms with Crippen LogP contribution in [0.3, 0.4) is 0 Å². The van der Waals surface area contributed by atoms with E-state index >= 15 is 0 Å². The van der Waals surface area contributed by atoms with Gasteiger partial charge >= 0.3 is 0 Å². The third-order valence-corrected chi connectivity index (χ3v) is 4.58. The molecule has 4 rings (SSSR count). The number of rotatable bonds is 2. The standard InChI is InChI=1S/C22H20/c1-22(2)20-11-7-6-10-18(20)19-15-17(12-13-21(19)22)14-16-8-4-3-5-9-16/h3-13,15H,14H2,1-2H3/i3D,4D,5D,8D,9D. The lowest BCUT2D eigenvalue weighted by Crippen LogP contribution is -2.14. The molecule has 1 aliphatic rings. The molecule has 0 unspecified atom stereocenters. The van der Waals surface area contributed by atoms with Crippen LogP contribution in [0.25, 0.3) is 11.1 Å². The Balaban J connectivity index is 1.83. The summed E-state index contributed by atoms with van der Waals surface area (Å²) < 4.78 is 39.8. The highest BCUT2D eigenvalue weighted by atomic mass is 14.4. The van der Waals surface area contributed by atoms with E-state index in [9.17, 15) is 0 Å².